The highest BCUT2D eigenvalue weighted by atomic mass is 19.1. The molecule has 22 heavy (non-hydrogen) atoms. The van der Waals surface area contributed by atoms with E-state index in [1.165, 1.54) is 6.07 Å². The summed E-state index contributed by atoms with van der Waals surface area (Å²) in [6, 6.07) is 2.60. The molecule has 1 aliphatic carbocycles. The highest BCUT2D eigenvalue weighted by Gasteiger charge is 2.42. The molecule has 2 atom stereocenters. The van der Waals surface area contributed by atoms with E-state index in [2.05, 4.69) is 0 Å². The maximum absolute atomic E-state index is 15.0. The first-order valence-electron chi connectivity index (χ1n) is 7.68. The van der Waals surface area contributed by atoms with Crippen molar-refractivity contribution >= 4 is 10.9 Å². The van der Waals surface area contributed by atoms with E-state index >= 15 is 0 Å². The van der Waals surface area contributed by atoms with E-state index in [0.717, 1.165) is 11.8 Å². The summed E-state index contributed by atoms with van der Waals surface area (Å²) in [6.45, 7) is 4.21. The SMILES string of the molecule is CCc1cc(=O)c2cc(F)c(C3CC3CO)c(F)c2n1CC. The van der Waals surface area contributed by atoms with Crippen molar-refractivity contribution in [2.75, 3.05) is 6.61 Å². The molecule has 0 spiro atoms. The monoisotopic (exact) mass is 307 g/mol. The molecule has 1 fully saturated rings. The molecule has 1 heterocycles. The van der Waals surface area contributed by atoms with Gasteiger partial charge in [0.2, 0.25) is 0 Å². The van der Waals surface area contributed by atoms with Crippen molar-refractivity contribution in [3.05, 3.63) is 45.2 Å². The van der Waals surface area contributed by atoms with Gasteiger partial charge in [-0.3, -0.25) is 4.79 Å². The number of aliphatic hydroxyl groups excluding tert-OH is 1. The molecule has 2 unspecified atom stereocenters. The summed E-state index contributed by atoms with van der Waals surface area (Å²) >= 11 is 0. The van der Waals surface area contributed by atoms with Crippen molar-refractivity contribution in [3.8, 4) is 0 Å². The summed E-state index contributed by atoms with van der Waals surface area (Å²) in [5, 5.41) is 9.24. The number of aryl methyl sites for hydroxylation is 2. The van der Waals surface area contributed by atoms with Crippen LogP contribution in [-0.4, -0.2) is 16.3 Å². The van der Waals surface area contributed by atoms with Crippen LogP contribution in [0.1, 0.15) is 37.4 Å². The van der Waals surface area contributed by atoms with Crippen LogP contribution >= 0.6 is 0 Å². The molecule has 3 nitrogen and oxygen atoms in total. The predicted octanol–water partition coefficient (Wildman–Crippen LogP) is 2.96. The van der Waals surface area contributed by atoms with Crippen molar-refractivity contribution < 1.29 is 13.9 Å². The molecule has 1 aromatic heterocycles. The van der Waals surface area contributed by atoms with Gasteiger partial charge >= 0.3 is 0 Å². The van der Waals surface area contributed by atoms with E-state index in [1.54, 1.807) is 4.57 Å². The van der Waals surface area contributed by atoms with E-state index in [9.17, 15) is 13.6 Å². The number of nitrogens with zero attached hydrogens (tertiary/aromatic N) is 1. The normalized spacial score (nSPS) is 20.6. The first-order valence-corrected chi connectivity index (χ1v) is 7.68. The fourth-order valence-corrected chi connectivity index (χ4v) is 3.32. The van der Waals surface area contributed by atoms with Crippen LogP contribution in [0.25, 0.3) is 10.9 Å². The number of halogens is 2. The predicted molar refractivity (Wildman–Crippen MR) is 81.1 cm³/mol. The van der Waals surface area contributed by atoms with Gasteiger partial charge < -0.3 is 9.67 Å². The van der Waals surface area contributed by atoms with Gasteiger partial charge in [-0.15, -0.1) is 0 Å². The molecule has 3 rings (SSSR count). The molecule has 118 valence electrons. The minimum Gasteiger partial charge on any atom is -0.396 e. The van der Waals surface area contributed by atoms with Gasteiger partial charge in [-0.25, -0.2) is 8.78 Å². The van der Waals surface area contributed by atoms with Gasteiger partial charge in [0.15, 0.2) is 11.2 Å². The summed E-state index contributed by atoms with van der Waals surface area (Å²) in [6.07, 6.45) is 1.19. The highest BCUT2D eigenvalue weighted by molar-refractivity contribution is 5.81. The minimum atomic E-state index is -0.685. The van der Waals surface area contributed by atoms with Crippen LogP contribution in [0.4, 0.5) is 8.78 Å². The zero-order valence-electron chi connectivity index (χ0n) is 12.7. The number of hydrogen-bond donors (Lipinski definition) is 1. The molecule has 0 saturated heterocycles. The molecule has 0 radical (unpaired) electrons. The summed E-state index contributed by atoms with van der Waals surface area (Å²) in [5.74, 6) is -1.71. The van der Waals surface area contributed by atoms with Crippen molar-refractivity contribution in [2.45, 2.75) is 39.2 Å². The first-order chi connectivity index (χ1) is 10.5. The molecular formula is C17H19F2NO2. The Morgan fingerprint density at radius 1 is 1.32 bits per heavy atom. The molecule has 5 heteroatoms. The van der Waals surface area contributed by atoms with Crippen molar-refractivity contribution in [1.29, 1.82) is 0 Å². The third kappa shape index (κ3) is 2.15. The summed E-state index contributed by atoms with van der Waals surface area (Å²) in [5.41, 5.74) is 0.592. The average molecular weight is 307 g/mol. The summed E-state index contributed by atoms with van der Waals surface area (Å²) in [4.78, 5) is 12.2. The Balaban J connectivity index is 2.35. The lowest BCUT2D eigenvalue weighted by atomic mass is 10.0. The standard InChI is InChI=1S/C17H19F2NO2/c1-3-10-6-14(22)12-7-13(18)15(11-5-9(11)8-21)16(19)17(12)20(10)4-2/h6-7,9,11,21H,3-5,8H2,1-2H3. The summed E-state index contributed by atoms with van der Waals surface area (Å²) < 4.78 is 31.0. The molecule has 1 N–H and O–H groups in total. The molecule has 0 amide bonds. The smallest absolute Gasteiger partial charge is 0.189 e. The van der Waals surface area contributed by atoms with Crippen LogP contribution in [0.5, 0.6) is 0 Å². The Labute approximate surface area is 127 Å². The maximum Gasteiger partial charge on any atom is 0.189 e. The Morgan fingerprint density at radius 3 is 2.59 bits per heavy atom. The molecule has 1 saturated carbocycles. The Bertz CT molecular complexity index is 798. The number of hydrogen-bond acceptors (Lipinski definition) is 2. The van der Waals surface area contributed by atoms with Gasteiger partial charge in [0.25, 0.3) is 0 Å². The van der Waals surface area contributed by atoms with Crippen molar-refractivity contribution in [3.63, 3.8) is 0 Å². The topological polar surface area (TPSA) is 42.2 Å². The molecular weight excluding hydrogens is 288 g/mol. The third-order valence-corrected chi connectivity index (χ3v) is 4.61. The molecule has 0 aliphatic heterocycles. The molecule has 1 aliphatic rings. The number of benzene rings is 1. The molecule has 0 bridgehead atoms. The minimum absolute atomic E-state index is 0.0152. The van der Waals surface area contributed by atoms with Gasteiger partial charge in [0, 0.05) is 30.5 Å². The van der Waals surface area contributed by atoms with Gasteiger partial charge in [0.1, 0.15) is 5.82 Å². The first kappa shape index (κ1) is 15.2. The van der Waals surface area contributed by atoms with Gasteiger partial charge in [-0.1, -0.05) is 6.92 Å². The second kappa shape index (κ2) is 5.47. The number of pyridine rings is 1. The van der Waals surface area contributed by atoms with Crippen LogP contribution in [-0.2, 0) is 13.0 Å². The quantitative estimate of drug-likeness (QED) is 0.943. The van der Waals surface area contributed by atoms with E-state index in [4.69, 9.17) is 5.11 Å². The van der Waals surface area contributed by atoms with E-state index in [0.29, 0.717) is 19.4 Å². The van der Waals surface area contributed by atoms with Crippen LogP contribution in [0.15, 0.2) is 16.9 Å². The Morgan fingerprint density at radius 2 is 2.05 bits per heavy atom. The van der Waals surface area contributed by atoms with Crippen LogP contribution in [0.3, 0.4) is 0 Å². The lowest BCUT2D eigenvalue weighted by Gasteiger charge is -2.17. The number of rotatable bonds is 4. The van der Waals surface area contributed by atoms with Crippen LogP contribution < -0.4 is 5.43 Å². The number of aromatic nitrogens is 1. The van der Waals surface area contributed by atoms with Crippen molar-refractivity contribution in [2.24, 2.45) is 5.92 Å². The third-order valence-electron chi connectivity index (χ3n) is 4.61. The van der Waals surface area contributed by atoms with Crippen molar-refractivity contribution in [1.82, 2.24) is 4.57 Å². The largest absolute Gasteiger partial charge is 0.396 e. The fraction of sp³-hybridized carbons (Fsp3) is 0.471. The summed E-state index contributed by atoms with van der Waals surface area (Å²) in [7, 11) is 0. The second-order valence-electron chi connectivity index (χ2n) is 5.86. The number of aliphatic hydroxyl groups is 1. The van der Waals surface area contributed by atoms with Gasteiger partial charge in [0.05, 0.1) is 10.9 Å². The lowest BCUT2D eigenvalue weighted by molar-refractivity contribution is 0.273. The second-order valence-corrected chi connectivity index (χ2v) is 5.86. The average Bonchev–Trinajstić information content (AvgIpc) is 3.27. The van der Waals surface area contributed by atoms with Gasteiger partial charge in [-0.2, -0.15) is 0 Å². The fourth-order valence-electron chi connectivity index (χ4n) is 3.32. The Hall–Kier alpha value is -1.75. The number of fused-ring (bicyclic) bond motifs is 1. The van der Waals surface area contributed by atoms with E-state index < -0.39 is 11.6 Å². The lowest BCUT2D eigenvalue weighted by Crippen LogP contribution is -2.16. The Kier molecular flexibility index (Phi) is 3.77. The van der Waals surface area contributed by atoms with Gasteiger partial charge in [-0.05, 0) is 37.7 Å². The van der Waals surface area contributed by atoms with Crippen LogP contribution in [0, 0.1) is 17.6 Å². The highest BCUT2D eigenvalue weighted by Crippen LogP contribution is 2.49. The molecule has 2 aromatic rings. The zero-order chi connectivity index (χ0) is 16.0. The molecule has 1 aromatic carbocycles. The van der Waals surface area contributed by atoms with E-state index in [-0.39, 0.29) is 40.3 Å². The van der Waals surface area contributed by atoms with Crippen LogP contribution in [0.2, 0.25) is 0 Å². The maximum atomic E-state index is 15.0. The van der Waals surface area contributed by atoms with E-state index in [1.807, 2.05) is 13.8 Å². The zero-order valence-corrected chi connectivity index (χ0v) is 12.7.